The molecule has 0 saturated heterocycles. The molecule has 2 atom stereocenters. The first-order valence-electron chi connectivity index (χ1n) is 8.20. The average molecular weight is 313 g/mol. The van der Waals surface area contributed by atoms with Crippen LogP contribution in [0.5, 0.6) is 0 Å². The van der Waals surface area contributed by atoms with E-state index in [-0.39, 0.29) is 11.7 Å². The maximum atomic E-state index is 13.0. The van der Waals surface area contributed by atoms with Gasteiger partial charge in [-0.1, -0.05) is 39.8 Å². The maximum absolute atomic E-state index is 13.0. The summed E-state index contributed by atoms with van der Waals surface area (Å²) in [6.45, 7) is 7.65. The highest BCUT2D eigenvalue weighted by atomic mass is 16.2. The van der Waals surface area contributed by atoms with Crippen LogP contribution < -0.4 is 5.32 Å². The van der Waals surface area contributed by atoms with Crippen LogP contribution in [0, 0.1) is 16.2 Å². The zero-order valence-corrected chi connectivity index (χ0v) is 14.2. The number of nitrogens with one attached hydrogen (secondary N) is 1. The SMILES string of the molecule is CCc1ccc(NC(=O)C23CCC(C)(C(=O)C2=O)C3(C)C)cc1. The van der Waals surface area contributed by atoms with Crippen molar-refractivity contribution in [2.24, 2.45) is 16.2 Å². The van der Waals surface area contributed by atoms with Crippen LogP contribution in [0.3, 0.4) is 0 Å². The number of benzene rings is 1. The highest BCUT2D eigenvalue weighted by Gasteiger charge is 2.77. The molecule has 122 valence electrons. The standard InChI is InChI=1S/C19H23NO3/c1-5-12-6-8-13(9-7-12)20-16(23)19-11-10-18(4,17(19,2)3)14(21)15(19)22/h6-9H,5,10-11H2,1-4H3,(H,20,23). The van der Waals surface area contributed by atoms with Crippen molar-refractivity contribution in [2.75, 3.05) is 5.32 Å². The molecule has 1 amide bonds. The minimum Gasteiger partial charge on any atom is -0.325 e. The fourth-order valence-electron chi connectivity index (χ4n) is 4.33. The van der Waals surface area contributed by atoms with Gasteiger partial charge in [0.15, 0.2) is 0 Å². The van der Waals surface area contributed by atoms with Gasteiger partial charge in [-0.15, -0.1) is 0 Å². The van der Waals surface area contributed by atoms with Gasteiger partial charge in [0.2, 0.25) is 17.5 Å². The maximum Gasteiger partial charge on any atom is 0.239 e. The third-order valence-corrected chi connectivity index (χ3v) is 6.55. The zero-order chi connectivity index (χ0) is 17.0. The summed E-state index contributed by atoms with van der Waals surface area (Å²) in [7, 11) is 0. The Labute approximate surface area is 136 Å². The minimum absolute atomic E-state index is 0.341. The van der Waals surface area contributed by atoms with E-state index in [9.17, 15) is 14.4 Å². The Kier molecular flexibility index (Phi) is 3.29. The first kappa shape index (κ1) is 15.9. The molecular formula is C19H23NO3. The largest absolute Gasteiger partial charge is 0.325 e. The van der Waals surface area contributed by atoms with E-state index in [1.165, 1.54) is 5.56 Å². The van der Waals surface area contributed by atoms with Crippen LogP contribution in [0.1, 0.15) is 46.1 Å². The van der Waals surface area contributed by atoms with Gasteiger partial charge >= 0.3 is 0 Å². The summed E-state index contributed by atoms with van der Waals surface area (Å²) < 4.78 is 0. The molecule has 4 heteroatoms. The van der Waals surface area contributed by atoms with E-state index in [4.69, 9.17) is 0 Å². The number of amides is 1. The molecule has 2 fully saturated rings. The lowest BCUT2D eigenvalue weighted by atomic mass is 9.64. The van der Waals surface area contributed by atoms with Crippen LogP contribution in [-0.4, -0.2) is 17.5 Å². The van der Waals surface area contributed by atoms with Crippen LogP contribution in [0.15, 0.2) is 24.3 Å². The lowest BCUT2D eigenvalue weighted by Gasteiger charge is -2.37. The Hall–Kier alpha value is -1.97. The smallest absolute Gasteiger partial charge is 0.239 e. The van der Waals surface area contributed by atoms with Crippen molar-refractivity contribution >= 4 is 23.2 Å². The third-order valence-electron chi connectivity index (χ3n) is 6.55. The van der Waals surface area contributed by atoms with Crippen LogP contribution in [0.2, 0.25) is 0 Å². The van der Waals surface area contributed by atoms with Gasteiger partial charge in [0.1, 0.15) is 5.41 Å². The summed E-state index contributed by atoms with van der Waals surface area (Å²) in [5, 5.41) is 2.87. The fourth-order valence-corrected chi connectivity index (χ4v) is 4.33. The Morgan fingerprint density at radius 3 is 2.13 bits per heavy atom. The van der Waals surface area contributed by atoms with E-state index in [1.807, 2.05) is 45.0 Å². The molecule has 2 bridgehead atoms. The number of Topliss-reactive ketones (excluding diaryl/α,β-unsaturated/α-hetero) is 2. The molecule has 4 nitrogen and oxygen atoms in total. The number of aryl methyl sites for hydroxylation is 1. The Bertz CT molecular complexity index is 704. The molecule has 2 aliphatic carbocycles. The molecular weight excluding hydrogens is 290 g/mol. The highest BCUT2D eigenvalue weighted by Crippen LogP contribution is 2.69. The highest BCUT2D eigenvalue weighted by molar-refractivity contribution is 6.49. The van der Waals surface area contributed by atoms with Crippen molar-refractivity contribution < 1.29 is 14.4 Å². The number of ketones is 2. The summed E-state index contributed by atoms with van der Waals surface area (Å²) in [6, 6.07) is 7.60. The number of carbonyl (C=O) groups excluding carboxylic acids is 3. The molecule has 2 aliphatic rings. The average Bonchev–Trinajstić information content (AvgIpc) is 2.80. The van der Waals surface area contributed by atoms with Gasteiger partial charge in [-0.3, -0.25) is 14.4 Å². The molecule has 0 aromatic heterocycles. The van der Waals surface area contributed by atoms with E-state index >= 15 is 0 Å². The summed E-state index contributed by atoms with van der Waals surface area (Å²) in [5.41, 5.74) is -0.780. The molecule has 1 aromatic rings. The monoisotopic (exact) mass is 313 g/mol. The Morgan fingerprint density at radius 2 is 1.65 bits per heavy atom. The van der Waals surface area contributed by atoms with Crippen molar-refractivity contribution in [3.63, 3.8) is 0 Å². The fraction of sp³-hybridized carbons (Fsp3) is 0.526. The lowest BCUT2D eigenvalue weighted by Crippen LogP contribution is -2.47. The van der Waals surface area contributed by atoms with Gasteiger partial charge in [0, 0.05) is 11.1 Å². The molecule has 0 radical (unpaired) electrons. The van der Waals surface area contributed by atoms with Gasteiger partial charge < -0.3 is 5.32 Å². The second-order valence-corrected chi connectivity index (χ2v) is 7.53. The molecule has 0 spiro atoms. The van der Waals surface area contributed by atoms with E-state index in [2.05, 4.69) is 12.2 Å². The van der Waals surface area contributed by atoms with E-state index in [0.29, 0.717) is 18.5 Å². The summed E-state index contributed by atoms with van der Waals surface area (Å²) in [5.74, 6) is -1.24. The van der Waals surface area contributed by atoms with Crippen molar-refractivity contribution in [2.45, 2.75) is 47.0 Å². The normalized spacial score (nSPS) is 31.5. The van der Waals surface area contributed by atoms with E-state index < -0.39 is 22.0 Å². The van der Waals surface area contributed by atoms with E-state index in [0.717, 1.165) is 6.42 Å². The third kappa shape index (κ3) is 1.75. The number of anilines is 1. The number of rotatable bonds is 3. The number of hydrogen-bond donors (Lipinski definition) is 1. The van der Waals surface area contributed by atoms with Crippen molar-refractivity contribution in [3.8, 4) is 0 Å². The Balaban J connectivity index is 1.95. The van der Waals surface area contributed by atoms with Crippen molar-refractivity contribution in [3.05, 3.63) is 29.8 Å². The molecule has 2 unspecified atom stereocenters. The quantitative estimate of drug-likeness (QED) is 0.688. The summed E-state index contributed by atoms with van der Waals surface area (Å²) in [4.78, 5) is 38.0. The predicted molar refractivity (Wildman–Crippen MR) is 88.0 cm³/mol. The molecule has 23 heavy (non-hydrogen) atoms. The second-order valence-electron chi connectivity index (χ2n) is 7.53. The van der Waals surface area contributed by atoms with E-state index in [1.54, 1.807) is 0 Å². The second kappa shape index (κ2) is 4.76. The Morgan fingerprint density at radius 1 is 1.04 bits per heavy atom. The molecule has 2 saturated carbocycles. The summed E-state index contributed by atoms with van der Waals surface area (Å²) in [6.07, 6.45) is 1.96. The molecule has 1 N–H and O–H groups in total. The lowest BCUT2D eigenvalue weighted by molar-refractivity contribution is -0.147. The van der Waals surface area contributed by atoms with Gasteiger partial charge in [0.05, 0.1) is 0 Å². The molecule has 3 rings (SSSR count). The number of fused-ring (bicyclic) bond motifs is 2. The number of hydrogen-bond acceptors (Lipinski definition) is 3. The molecule has 1 aromatic carbocycles. The van der Waals surface area contributed by atoms with Crippen LogP contribution >= 0.6 is 0 Å². The van der Waals surface area contributed by atoms with Crippen LogP contribution in [-0.2, 0) is 20.8 Å². The zero-order valence-electron chi connectivity index (χ0n) is 14.2. The van der Waals surface area contributed by atoms with Crippen molar-refractivity contribution in [1.82, 2.24) is 0 Å². The summed E-state index contributed by atoms with van der Waals surface area (Å²) >= 11 is 0. The molecule has 0 aliphatic heterocycles. The van der Waals surface area contributed by atoms with Gasteiger partial charge in [-0.2, -0.15) is 0 Å². The predicted octanol–water partition coefficient (Wildman–Crippen LogP) is 3.15. The van der Waals surface area contributed by atoms with Crippen molar-refractivity contribution in [1.29, 1.82) is 0 Å². The van der Waals surface area contributed by atoms with Gasteiger partial charge in [0.25, 0.3) is 0 Å². The topological polar surface area (TPSA) is 63.2 Å². The van der Waals surface area contributed by atoms with Gasteiger partial charge in [-0.05, 0) is 42.4 Å². The molecule has 0 heterocycles. The minimum atomic E-state index is -1.23. The first-order valence-corrected chi connectivity index (χ1v) is 8.20. The van der Waals surface area contributed by atoms with Gasteiger partial charge in [-0.25, -0.2) is 0 Å². The van der Waals surface area contributed by atoms with Crippen LogP contribution in [0.25, 0.3) is 0 Å². The number of carbonyl (C=O) groups is 3. The first-order chi connectivity index (χ1) is 10.7. The van der Waals surface area contributed by atoms with Crippen LogP contribution in [0.4, 0.5) is 5.69 Å².